The molecule has 142 valence electrons. The van der Waals surface area contributed by atoms with Crippen LogP contribution in [0.2, 0.25) is 0 Å². The molecule has 5 nitrogen and oxygen atoms in total. The van der Waals surface area contributed by atoms with Gasteiger partial charge in [0.05, 0.1) is 23.7 Å². The van der Waals surface area contributed by atoms with Gasteiger partial charge >= 0.3 is 0 Å². The number of H-pyrrole nitrogens is 1. The molecule has 1 saturated heterocycles. The second-order valence-corrected chi connectivity index (χ2v) is 6.95. The number of aromatic amines is 1. The van der Waals surface area contributed by atoms with E-state index in [9.17, 15) is 4.39 Å². The van der Waals surface area contributed by atoms with Gasteiger partial charge in [0.1, 0.15) is 24.0 Å². The fourth-order valence-corrected chi connectivity index (χ4v) is 3.80. The van der Waals surface area contributed by atoms with Crippen LogP contribution in [0.15, 0.2) is 42.5 Å². The van der Waals surface area contributed by atoms with Crippen molar-refractivity contribution in [2.24, 2.45) is 0 Å². The van der Waals surface area contributed by atoms with Crippen molar-refractivity contribution in [2.45, 2.75) is 31.8 Å². The molecule has 0 saturated carbocycles. The van der Waals surface area contributed by atoms with E-state index in [4.69, 9.17) is 14.8 Å². The number of fused-ring (bicyclic) bond motifs is 1. The minimum absolute atomic E-state index is 0.00375. The van der Waals surface area contributed by atoms with Crippen molar-refractivity contribution in [1.82, 2.24) is 14.9 Å². The van der Waals surface area contributed by atoms with Gasteiger partial charge in [-0.2, -0.15) is 0 Å². The molecule has 2 aromatic carbocycles. The minimum atomic E-state index is -0.256. The number of benzene rings is 2. The number of nitrogens with zero attached hydrogens (tertiary/aromatic N) is 2. The first-order valence-electron chi connectivity index (χ1n) is 9.45. The number of hydrogen-bond donors (Lipinski definition) is 2. The second-order valence-electron chi connectivity index (χ2n) is 6.95. The SMILES string of the molecule is OCCOc1ccccc1CN1CCCC[C@H]1c1nc2ccc(F)cc2[nH]1. The molecule has 3 aromatic rings. The highest BCUT2D eigenvalue weighted by Gasteiger charge is 2.27. The first-order chi connectivity index (χ1) is 13.2. The lowest BCUT2D eigenvalue weighted by atomic mass is 10.0. The molecule has 6 heteroatoms. The lowest BCUT2D eigenvalue weighted by Crippen LogP contribution is -2.33. The van der Waals surface area contributed by atoms with Crippen molar-refractivity contribution < 1.29 is 14.2 Å². The third-order valence-corrected chi connectivity index (χ3v) is 5.09. The minimum Gasteiger partial charge on any atom is -0.491 e. The summed E-state index contributed by atoms with van der Waals surface area (Å²) in [5, 5.41) is 9.04. The molecule has 0 amide bonds. The molecular weight excluding hydrogens is 345 g/mol. The van der Waals surface area contributed by atoms with Gasteiger partial charge in [-0.1, -0.05) is 24.6 Å². The van der Waals surface area contributed by atoms with Crippen LogP contribution in [0.5, 0.6) is 5.75 Å². The summed E-state index contributed by atoms with van der Waals surface area (Å²) in [7, 11) is 0. The quantitative estimate of drug-likeness (QED) is 0.694. The molecule has 1 aliphatic rings. The molecule has 1 atom stereocenters. The Kier molecular flexibility index (Phi) is 5.36. The van der Waals surface area contributed by atoms with Crippen molar-refractivity contribution in [1.29, 1.82) is 0 Å². The van der Waals surface area contributed by atoms with Gasteiger partial charge < -0.3 is 14.8 Å². The van der Waals surface area contributed by atoms with Crippen LogP contribution in [0, 0.1) is 5.82 Å². The van der Waals surface area contributed by atoms with E-state index in [-0.39, 0.29) is 25.1 Å². The van der Waals surface area contributed by atoms with Gasteiger partial charge in [-0.25, -0.2) is 9.37 Å². The van der Waals surface area contributed by atoms with Crippen molar-refractivity contribution in [3.05, 3.63) is 59.7 Å². The Balaban J connectivity index is 1.59. The van der Waals surface area contributed by atoms with Gasteiger partial charge in [0.25, 0.3) is 0 Å². The summed E-state index contributed by atoms with van der Waals surface area (Å²) in [6.45, 7) is 2.01. The molecule has 0 radical (unpaired) electrons. The molecule has 1 aliphatic heterocycles. The van der Waals surface area contributed by atoms with Gasteiger partial charge in [-0.05, 0) is 43.7 Å². The smallest absolute Gasteiger partial charge is 0.125 e. The van der Waals surface area contributed by atoms with Crippen LogP contribution in [-0.2, 0) is 6.54 Å². The maximum atomic E-state index is 13.5. The van der Waals surface area contributed by atoms with Crippen LogP contribution < -0.4 is 4.74 Å². The molecule has 1 fully saturated rings. The predicted octanol–water partition coefficient (Wildman–Crippen LogP) is 3.80. The Hall–Kier alpha value is -2.44. The number of aliphatic hydroxyl groups is 1. The third kappa shape index (κ3) is 3.96. The van der Waals surface area contributed by atoms with Gasteiger partial charge in [0.2, 0.25) is 0 Å². The van der Waals surface area contributed by atoms with Crippen LogP contribution in [-0.4, -0.2) is 39.7 Å². The maximum absolute atomic E-state index is 13.5. The standard InChI is InChI=1S/C21H24FN3O2/c22-16-8-9-17-18(13-16)24-21(23-17)19-6-3-4-10-25(19)14-15-5-1-2-7-20(15)27-12-11-26/h1-2,5,7-9,13,19,26H,3-4,6,10-12,14H2,(H,23,24)/t19-/m0/s1. The summed E-state index contributed by atoms with van der Waals surface area (Å²) in [6.07, 6.45) is 3.31. The molecule has 4 rings (SSSR count). The van der Waals surface area contributed by atoms with Crippen molar-refractivity contribution in [3.8, 4) is 5.75 Å². The number of likely N-dealkylation sites (tertiary alicyclic amines) is 1. The largest absolute Gasteiger partial charge is 0.491 e. The van der Waals surface area contributed by atoms with E-state index in [0.29, 0.717) is 0 Å². The summed E-state index contributed by atoms with van der Waals surface area (Å²) >= 11 is 0. The van der Waals surface area contributed by atoms with E-state index in [1.54, 1.807) is 6.07 Å². The van der Waals surface area contributed by atoms with Crippen LogP contribution in [0.3, 0.4) is 0 Å². The molecule has 0 spiro atoms. The molecular formula is C21H24FN3O2. The molecule has 0 bridgehead atoms. The molecule has 1 aromatic heterocycles. The number of halogens is 1. The number of ether oxygens (including phenoxy) is 1. The van der Waals surface area contributed by atoms with E-state index in [2.05, 4.69) is 16.0 Å². The average Bonchev–Trinajstić information content (AvgIpc) is 3.10. The Labute approximate surface area is 157 Å². The molecule has 2 N–H and O–H groups in total. The Morgan fingerprint density at radius 3 is 3.00 bits per heavy atom. The summed E-state index contributed by atoms with van der Waals surface area (Å²) in [5.74, 6) is 1.44. The fourth-order valence-electron chi connectivity index (χ4n) is 3.80. The molecule has 0 unspecified atom stereocenters. The number of hydrogen-bond acceptors (Lipinski definition) is 4. The zero-order chi connectivity index (χ0) is 18.6. The summed E-state index contributed by atoms with van der Waals surface area (Å²) in [5.41, 5.74) is 2.63. The van der Waals surface area contributed by atoms with Crippen molar-refractivity contribution in [3.63, 3.8) is 0 Å². The van der Waals surface area contributed by atoms with E-state index in [1.165, 1.54) is 12.1 Å². The number of piperidine rings is 1. The third-order valence-electron chi connectivity index (χ3n) is 5.09. The highest BCUT2D eigenvalue weighted by Crippen LogP contribution is 2.33. The summed E-state index contributed by atoms with van der Waals surface area (Å²) in [4.78, 5) is 10.4. The second kappa shape index (κ2) is 8.06. The zero-order valence-electron chi connectivity index (χ0n) is 15.2. The Bertz CT molecular complexity index is 911. The van der Waals surface area contributed by atoms with Crippen LogP contribution in [0.25, 0.3) is 11.0 Å². The van der Waals surface area contributed by atoms with Crippen molar-refractivity contribution >= 4 is 11.0 Å². The monoisotopic (exact) mass is 369 g/mol. The molecule has 2 heterocycles. The number of nitrogens with one attached hydrogen (secondary N) is 1. The van der Waals surface area contributed by atoms with Gasteiger partial charge in [-0.15, -0.1) is 0 Å². The van der Waals surface area contributed by atoms with Crippen LogP contribution >= 0.6 is 0 Å². The number of imidazole rings is 1. The van der Waals surface area contributed by atoms with Gasteiger partial charge in [-0.3, -0.25) is 4.90 Å². The first kappa shape index (κ1) is 17.9. The number of aromatic nitrogens is 2. The van der Waals surface area contributed by atoms with Crippen molar-refractivity contribution in [2.75, 3.05) is 19.8 Å². The van der Waals surface area contributed by atoms with Gasteiger partial charge in [0.15, 0.2) is 0 Å². The number of rotatable bonds is 6. The highest BCUT2D eigenvalue weighted by molar-refractivity contribution is 5.75. The van der Waals surface area contributed by atoms with E-state index < -0.39 is 0 Å². The molecule has 27 heavy (non-hydrogen) atoms. The topological polar surface area (TPSA) is 61.4 Å². The first-order valence-corrected chi connectivity index (χ1v) is 9.45. The van der Waals surface area contributed by atoms with Gasteiger partial charge in [0, 0.05) is 12.1 Å². The zero-order valence-corrected chi connectivity index (χ0v) is 15.2. The Morgan fingerprint density at radius 2 is 2.11 bits per heavy atom. The maximum Gasteiger partial charge on any atom is 0.125 e. The normalized spacial score (nSPS) is 18.1. The highest BCUT2D eigenvalue weighted by atomic mass is 19.1. The Morgan fingerprint density at radius 1 is 1.22 bits per heavy atom. The van der Waals surface area contributed by atoms with E-state index in [0.717, 1.165) is 60.5 Å². The van der Waals surface area contributed by atoms with Crippen LogP contribution in [0.4, 0.5) is 4.39 Å². The summed E-state index contributed by atoms with van der Waals surface area (Å²) in [6, 6.07) is 12.8. The van der Waals surface area contributed by atoms with E-state index >= 15 is 0 Å². The predicted molar refractivity (Wildman–Crippen MR) is 102 cm³/mol. The lowest BCUT2D eigenvalue weighted by Gasteiger charge is -2.34. The van der Waals surface area contributed by atoms with Crippen LogP contribution in [0.1, 0.15) is 36.7 Å². The summed E-state index contributed by atoms with van der Waals surface area (Å²) < 4.78 is 19.2. The number of aliphatic hydroxyl groups excluding tert-OH is 1. The number of para-hydroxylation sites is 1. The fraction of sp³-hybridized carbons (Fsp3) is 0.381. The molecule has 0 aliphatic carbocycles. The van der Waals surface area contributed by atoms with E-state index in [1.807, 2.05) is 18.2 Å². The average molecular weight is 369 g/mol. The lowest BCUT2D eigenvalue weighted by molar-refractivity contribution is 0.131.